The van der Waals surface area contributed by atoms with Gasteiger partial charge in [0, 0.05) is 17.5 Å². The first kappa shape index (κ1) is 20.4. The molecule has 1 aromatic heterocycles. The molecular weight excluding hydrogens is 383 g/mol. The molecule has 0 saturated carbocycles. The van der Waals surface area contributed by atoms with Crippen molar-refractivity contribution < 1.29 is 18.3 Å². The van der Waals surface area contributed by atoms with Crippen molar-refractivity contribution >= 4 is 16.9 Å². The maximum Gasteiger partial charge on any atom is 0.287 e. The molecule has 30 heavy (non-hydrogen) atoms. The largest absolute Gasteiger partial charge is 0.497 e. The third-order valence-electron chi connectivity index (χ3n) is 5.89. The van der Waals surface area contributed by atoms with E-state index in [0.29, 0.717) is 23.1 Å². The summed E-state index contributed by atoms with van der Waals surface area (Å²) in [6.07, 6.45) is 3.57. The summed E-state index contributed by atoms with van der Waals surface area (Å²) in [5.41, 5.74) is 2.31. The Labute approximate surface area is 175 Å². The molecule has 4 rings (SSSR count). The number of nitrogens with one attached hydrogen (secondary N) is 1. The number of methoxy groups -OCH3 is 1. The zero-order chi connectivity index (χ0) is 21.1. The van der Waals surface area contributed by atoms with Gasteiger partial charge in [-0.2, -0.15) is 0 Å². The monoisotopic (exact) mass is 410 g/mol. The molecule has 3 aromatic rings. The third-order valence-corrected chi connectivity index (χ3v) is 5.89. The van der Waals surface area contributed by atoms with Crippen LogP contribution >= 0.6 is 0 Å². The minimum Gasteiger partial charge on any atom is -0.497 e. The van der Waals surface area contributed by atoms with Crippen molar-refractivity contribution in [3.63, 3.8) is 0 Å². The van der Waals surface area contributed by atoms with Crippen LogP contribution in [-0.4, -0.2) is 37.6 Å². The molecule has 2 aromatic carbocycles. The van der Waals surface area contributed by atoms with Crippen LogP contribution in [0.2, 0.25) is 0 Å². The number of likely N-dealkylation sites (tertiary alicyclic amines) is 1. The van der Waals surface area contributed by atoms with Crippen LogP contribution < -0.4 is 10.1 Å². The minimum atomic E-state index is -0.344. The summed E-state index contributed by atoms with van der Waals surface area (Å²) in [6.45, 7) is 4.27. The van der Waals surface area contributed by atoms with E-state index in [4.69, 9.17) is 9.15 Å². The lowest BCUT2D eigenvalue weighted by Crippen LogP contribution is -2.40. The molecular formula is C24H27FN2O3. The van der Waals surface area contributed by atoms with Gasteiger partial charge in [0.05, 0.1) is 13.2 Å². The average Bonchev–Trinajstić information content (AvgIpc) is 3.11. The summed E-state index contributed by atoms with van der Waals surface area (Å²) in [7, 11) is 1.65. The van der Waals surface area contributed by atoms with E-state index in [1.54, 1.807) is 20.1 Å². The second-order valence-electron chi connectivity index (χ2n) is 7.79. The maximum atomic E-state index is 13.6. The van der Waals surface area contributed by atoms with Gasteiger partial charge in [-0.15, -0.1) is 0 Å². The quantitative estimate of drug-likeness (QED) is 0.631. The van der Waals surface area contributed by atoms with Gasteiger partial charge in [0.1, 0.15) is 17.1 Å². The van der Waals surface area contributed by atoms with Crippen LogP contribution in [0.15, 0.2) is 46.9 Å². The highest BCUT2D eigenvalue weighted by atomic mass is 19.1. The van der Waals surface area contributed by atoms with Gasteiger partial charge in [0.2, 0.25) is 0 Å². The van der Waals surface area contributed by atoms with Crippen molar-refractivity contribution in [2.45, 2.75) is 32.2 Å². The Bertz CT molecular complexity index is 1020. The highest BCUT2D eigenvalue weighted by Gasteiger charge is 2.25. The fourth-order valence-corrected chi connectivity index (χ4v) is 4.19. The Kier molecular flexibility index (Phi) is 6.04. The van der Waals surface area contributed by atoms with E-state index in [9.17, 15) is 9.18 Å². The number of hydrogen-bond acceptors (Lipinski definition) is 4. The second-order valence-corrected chi connectivity index (χ2v) is 7.79. The number of ether oxygens (including phenoxy) is 1. The number of aryl methyl sites for hydroxylation is 1. The summed E-state index contributed by atoms with van der Waals surface area (Å²) in [5.74, 6) is 0.427. The maximum absolute atomic E-state index is 13.6. The van der Waals surface area contributed by atoms with Gasteiger partial charge >= 0.3 is 0 Å². The standard InChI is InChI=1S/C24H27FN2O3/c1-16-20-14-18(25)8-11-22(20)30-23(16)24(28)26-15-21(27-12-4-3-5-13-27)17-6-9-19(29-2)10-7-17/h6-11,14,21H,3-5,12-13,15H2,1-2H3,(H,26,28)/t21-/m0/s1. The average molecular weight is 410 g/mol. The van der Waals surface area contributed by atoms with Crippen LogP contribution in [0.5, 0.6) is 5.75 Å². The molecule has 0 unspecified atom stereocenters. The number of halogens is 1. The number of carbonyl (C=O) groups excluding carboxylic acids is 1. The summed E-state index contributed by atoms with van der Waals surface area (Å²) in [5, 5.41) is 3.67. The van der Waals surface area contributed by atoms with E-state index in [1.165, 1.54) is 18.6 Å². The molecule has 5 nitrogen and oxygen atoms in total. The minimum absolute atomic E-state index is 0.0716. The van der Waals surface area contributed by atoms with Crippen LogP contribution in [0.3, 0.4) is 0 Å². The van der Waals surface area contributed by atoms with Gasteiger partial charge in [-0.25, -0.2) is 4.39 Å². The molecule has 0 spiro atoms. The van der Waals surface area contributed by atoms with Crippen molar-refractivity contribution in [1.29, 1.82) is 0 Å². The highest BCUT2D eigenvalue weighted by molar-refractivity contribution is 5.98. The highest BCUT2D eigenvalue weighted by Crippen LogP contribution is 2.28. The predicted molar refractivity (Wildman–Crippen MR) is 114 cm³/mol. The summed E-state index contributed by atoms with van der Waals surface area (Å²) < 4.78 is 24.6. The van der Waals surface area contributed by atoms with E-state index >= 15 is 0 Å². The number of nitrogens with zero attached hydrogens (tertiary/aromatic N) is 1. The Morgan fingerprint density at radius 3 is 2.60 bits per heavy atom. The van der Waals surface area contributed by atoms with E-state index in [1.807, 2.05) is 12.1 Å². The van der Waals surface area contributed by atoms with Gasteiger partial charge in [-0.1, -0.05) is 18.6 Å². The molecule has 1 atom stereocenters. The topological polar surface area (TPSA) is 54.7 Å². The molecule has 1 fully saturated rings. The molecule has 1 saturated heterocycles. The number of benzene rings is 2. The molecule has 1 N–H and O–H groups in total. The number of rotatable bonds is 6. The van der Waals surface area contributed by atoms with E-state index in [-0.39, 0.29) is 23.5 Å². The zero-order valence-electron chi connectivity index (χ0n) is 17.4. The molecule has 1 aliphatic heterocycles. The predicted octanol–water partition coefficient (Wildman–Crippen LogP) is 4.85. The summed E-state index contributed by atoms with van der Waals surface area (Å²) in [6, 6.07) is 12.4. The van der Waals surface area contributed by atoms with Crippen molar-refractivity contribution in [3.05, 3.63) is 65.2 Å². The van der Waals surface area contributed by atoms with Crippen LogP contribution in [0.1, 0.15) is 47.0 Å². The van der Waals surface area contributed by atoms with E-state index < -0.39 is 0 Å². The van der Waals surface area contributed by atoms with Gasteiger partial charge in [-0.05, 0) is 68.8 Å². The van der Waals surface area contributed by atoms with Crippen molar-refractivity contribution in [2.24, 2.45) is 0 Å². The fraction of sp³-hybridized carbons (Fsp3) is 0.375. The lowest BCUT2D eigenvalue weighted by molar-refractivity contribution is 0.0898. The molecule has 0 radical (unpaired) electrons. The normalized spacial score (nSPS) is 15.8. The second kappa shape index (κ2) is 8.88. The SMILES string of the molecule is COc1ccc([C@H](CNC(=O)c2oc3ccc(F)cc3c2C)N2CCCCC2)cc1. The number of carbonyl (C=O) groups is 1. The first-order chi connectivity index (χ1) is 14.6. The molecule has 2 heterocycles. The van der Waals surface area contributed by atoms with E-state index in [2.05, 4.69) is 22.3 Å². The lowest BCUT2D eigenvalue weighted by atomic mass is 10.0. The number of furan rings is 1. The molecule has 1 amide bonds. The van der Waals surface area contributed by atoms with Crippen molar-refractivity contribution in [1.82, 2.24) is 10.2 Å². The molecule has 1 aliphatic rings. The Balaban J connectivity index is 1.54. The molecule has 158 valence electrons. The Hall–Kier alpha value is -2.86. The zero-order valence-corrected chi connectivity index (χ0v) is 17.4. The van der Waals surface area contributed by atoms with Gasteiger partial charge < -0.3 is 14.5 Å². The van der Waals surface area contributed by atoms with E-state index in [0.717, 1.165) is 37.2 Å². The molecule has 6 heteroatoms. The van der Waals surface area contributed by atoms with Gasteiger partial charge in [0.15, 0.2) is 5.76 Å². The van der Waals surface area contributed by atoms with Crippen LogP contribution in [0.25, 0.3) is 11.0 Å². The van der Waals surface area contributed by atoms with Crippen LogP contribution in [-0.2, 0) is 0 Å². The van der Waals surface area contributed by atoms with Crippen LogP contribution in [0.4, 0.5) is 4.39 Å². The van der Waals surface area contributed by atoms with Gasteiger partial charge in [-0.3, -0.25) is 9.69 Å². The first-order valence-electron chi connectivity index (χ1n) is 10.4. The smallest absolute Gasteiger partial charge is 0.287 e. The number of amides is 1. The third kappa shape index (κ3) is 4.19. The molecule has 0 aliphatic carbocycles. The number of hydrogen-bond donors (Lipinski definition) is 1. The molecule has 0 bridgehead atoms. The van der Waals surface area contributed by atoms with Crippen molar-refractivity contribution in [3.8, 4) is 5.75 Å². The van der Waals surface area contributed by atoms with Gasteiger partial charge in [0.25, 0.3) is 5.91 Å². The first-order valence-corrected chi connectivity index (χ1v) is 10.4. The summed E-state index contributed by atoms with van der Waals surface area (Å²) >= 11 is 0. The summed E-state index contributed by atoms with van der Waals surface area (Å²) in [4.78, 5) is 15.3. The lowest BCUT2D eigenvalue weighted by Gasteiger charge is -2.35. The Morgan fingerprint density at radius 1 is 1.17 bits per heavy atom. The Morgan fingerprint density at radius 2 is 1.90 bits per heavy atom. The number of fused-ring (bicyclic) bond motifs is 1. The fourth-order valence-electron chi connectivity index (χ4n) is 4.19. The van der Waals surface area contributed by atoms with Crippen molar-refractivity contribution in [2.75, 3.05) is 26.7 Å². The number of piperidine rings is 1. The van der Waals surface area contributed by atoms with Crippen LogP contribution in [0, 0.1) is 12.7 Å².